The molecule has 0 aromatic carbocycles. The molecule has 0 amide bonds. The fourth-order valence-electron chi connectivity index (χ4n) is 1.21. The summed E-state index contributed by atoms with van der Waals surface area (Å²) in [7, 11) is 0. The molecule has 0 aliphatic carbocycles. The molecule has 0 aliphatic heterocycles. The zero-order valence-electron chi connectivity index (χ0n) is 9.59. The maximum atomic E-state index is 4.20. The number of thioether (sulfide) groups is 1. The Balaban J connectivity index is 2.55. The van der Waals surface area contributed by atoms with Crippen LogP contribution >= 0.6 is 27.7 Å². The molecule has 0 saturated heterocycles. The number of hydrogen-bond acceptors (Lipinski definition) is 5. The molecule has 90 valence electrons. The Kier molecular flexibility index (Phi) is 6.56. The van der Waals surface area contributed by atoms with Gasteiger partial charge in [0.15, 0.2) is 0 Å². The molecule has 1 aromatic heterocycles. The number of anilines is 2. The van der Waals surface area contributed by atoms with Crippen molar-refractivity contribution in [2.45, 2.75) is 13.3 Å². The van der Waals surface area contributed by atoms with Crippen LogP contribution in [0.5, 0.6) is 0 Å². The van der Waals surface area contributed by atoms with Gasteiger partial charge in [0.25, 0.3) is 0 Å². The van der Waals surface area contributed by atoms with Crippen molar-refractivity contribution in [3.63, 3.8) is 0 Å². The summed E-state index contributed by atoms with van der Waals surface area (Å²) in [5.74, 6) is 2.85. The molecule has 4 nitrogen and oxygen atoms in total. The molecule has 0 atom stereocenters. The summed E-state index contributed by atoms with van der Waals surface area (Å²) in [6.07, 6.45) is 4.82. The number of nitrogens with one attached hydrogen (secondary N) is 2. The summed E-state index contributed by atoms with van der Waals surface area (Å²) in [5.41, 5.74) is 0. The molecular formula is C10H17BrN4S. The van der Waals surface area contributed by atoms with E-state index in [-0.39, 0.29) is 0 Å². The molecular weight excluding hydrogens is 288 g/mol. The van der Waals surface area contributed by atoms with E-state index < -0.39 is 0 Å². The highest BCUT2D eigenvalue weighted by Gasteiger charge is 2.06. The van der Waals surface area contributed by atoms with Crippen molar-refractivity contribution in [1.29, 1.82) is 0 Å². The Morgan fingerprint density at radius 3 is 2.62 bits per heavy atom. The molecule has 0 spiro atoms. The van der Waals surface area contributed by atoms with Crippen molar-refractivity contribution < 1.29 is 0 Å². The van der Waals surface area contributed by atoms with E-state index in [0.717, 1.165) is 41.4 Å². The van der Waals surface area contributed by atoms with Gasteiger partial charge in [0.05, 0.1) is 0 Å². The van der Waals surface area contributed by atoms with Crippen LogP contribution in [0.25, 0.3) is 0 Å². The summed E-state index contributed by atoms with van der Waals surface area (Å²) in [4.78, 5) is 8.36. The molecule has 0 unspecified atom stereocenters. The third kappa shape index (κ3) is 4.17. The number of rotatable bonds is 7. The highest BCUT2D eigenvalue weighted by molar-refractivity contribution is 9.10. The summed E-state index contributed by atoms with van der Waals surface area (Å²) < 4.78 is 0.904. The predicted molar refractivity (Wildman–Crippen MR) is 75.4 cm³/mol. The van der Waals surface area contributed by atoms with Crippen molar-refractivity contribution in [3.8, 4) is 0 Å². The average molecular weight is 305 g/mol. The predicted octanol–water partition coefficient (Wildman–Crippen LogP) is 2.84. The number of hydrogen-bond donors (Lipinski definition) is 2. The minimum Gasteiger partial charge on any atom is -0.369 e. The smallest absolute Gasteiger partial charge is 0.145 e. The standard InChI is InChI=1S/C10H17BrN4S/c1-3-12-9-8(11)10(15-7-14-9)13-5-4-6-16-2/h7H,3-6H2,1-2H3,(H2,12,13,14,15). The van der Waals surface area contributed by atoms with Gasteiger partial charge in [-0.25, -0.2) is 9.97 Å². The third-order valence-corrected chi connectivity index (χ3v) is 3.40. The first-order chi connectivity index (χ1) is 7.79. The molecule has 1 aromatic rings. The molecule has 1 rings (SSSR count). The van der Waals surface area contributed by atoms with Gasteiger partial charge < -0.3 is 10.6 Å². The van der Waals surface area contributed by atoms with E-state index in [4.69, 9.17) is 0 Å². The van der Waals surface area contributed by atoms with Crippen LogP contribution in [0.2, 0.25) is 0 Å². The van der Waals surface area contributed by atoms with Crippen LogP contribution in [0.1, 0.15) is 13.3 Å². The average Bonchev–Trinajstić information content (AvgIpc) is 2.29. The van der Waals surface area contributed by atoms with Gasteiger partial charge >= 0.3 is 0 Å². The zero-order valence-corrected chi connectivity index (χ0v) is 12.0. The SMILES string of the molecule is CCNc1ncnc(NCCCSC)c1Br. The molecule has 0 radical (unpaired) electrons. The van der Waals surface area contributed by atoms with E-state index in [1.165, 1.54) is 0 Å². The Bertz CT molecular complexity index is 322. The van der Waals surface area contributed by atoms with Crippen molar-refractivity contribution in [1.82, 2.24) is 9.97 Å². The monoisotopic (exact) mass is 304 g/mol. The molecule has 0 fully saturated rings. The van der Waals surface area contributed by atoms with Crippen molar-refractivity contribution in [2.75, 3.05) is 35.7 Å². The van der Waals surface area contributed by atoms with Crippen LogP contribution in [0.3, 0.4) is 0 Å². The van der Waals surface area contributed by atoms with Crippen molar-refractivity contribution >= 4 is 39.3 Å². The minimum absolute atomic E-state index is 0.838. The van der Waals surface area contributed by atoms with Crippen LogP contribution in [0.4, 0.5) is 11.6 Å². The largest absolute Gasteiger partial charge is 0.369 e. The van der Waals surface area contributed by atoms with Crippen molar-refractivity contribution in [2.24, 2.45) is 0 Å². The Morgan fingerprint density at radius 1 is 1.31 bits per heavy atom. The van der Waals surface area contributed by atoms with Gasteiger partial charge in [0.1, 0.15) is 22.4 Å². The minimum atomic E-state index is 0.838. The Labute approximate surface area is 109 Å². The lowest BCUT2D eigenvalue weighted by molar-refractivity contribution is 0.972. The summed E-state index contributed by atoms with van der Waals surface area (Å²) in [6, 6.07) is 0. The lowest BCUT2D eigenvalue weighted by Gasteiger charge is -2.10. The van der Waals surface area contributed by atoms with Crippen LogP contribution in [0, 0.1) is 0 Å². The maximum Gasteiger partial charge on any atom is 0.145 e. The van der Waals surface area contributed by atoms with Crippen molar-refractivity contribution in [3.05, 3.63) is 10.8 Å². The normalized spacial score (nSPS) is 10.2. The van der Waals surface area contributed by atoms with Crippen LogP contribution in [-0.2, 0) is 0 Å². The topological polar surface area (TPSA) is 49.8 Å². The molecule has 0 aliphatic rings. The first kappa shape index (κ1) is 13.6. The summed E-state index contributed by atoms with van der Waals surface area (Å²) in [5, 5.41) is 6.47. The number of aromatic nitrogens is 2. The second-order valence-electron chi connectivity index (χ2n) is 3.19. The fourth-order valence-corrected chi connectivity index (χ4v) is 2.13. The molecule has 0 saturated carbocycles. The quantitative estimate of drug-likeness (QED) is 0.759. The highest BCUT2D eigenvalue weighted by Crippen LogP contribution is 2.26. The van der Waals surface area contributed by atoms with E-state index >= 15 is 0 Å². The molecule has 16 heavy (non-hydrogen) atoms. The van der Waals surface area contributed by atoms with Gasteiger partial charge in [0.2, 0.25) is 0 Å². The number of halogens is 1. The second kappa shape index (κ2) is 7.73. The molecule has 6 heteroatoms. The highest BCUT2D eigenvalue weighted by atomic mass is 79.9. The molecule has 1 heterocycles. The Morgan fingerprint density at radius 2 is 2.00 bits per heavy atom. The summed E-state index contributed by atoms with van der Waals surface area (Å²) >= 11 is 5.35. The van der Waals surface area contributed by atoms with Gasteiger partial charge in [-0.2, -0.15) is 11.8 Å². The van der Waals surface area contributed by atoms with E-state index in [9.17, 15) is 0 Å². The van der Waals surface area contributed by atoms with E-state index in [1.54, 1.807) is 6.33 Å². The van der Waals surface area contributed by atoms with E-state index in [0.29, 0.717) is 0 Å². The van der Waals surface area contributed by atoms with Gasteiger partial charge in [-0.05, 0) is 41.3 Å². The number of nitrogens with zero attached hydrogens (tertiary/aromatic N) is 2. The second-order valence-corrected chi connectivity index (χ2v) is 4.97. The first-order valence-electron chi connectivity index (χ1n) is 5.26. The third-order valence-electron chi connectivity index (χ3n) is 1.95. The van der Waals surface area contributed by atoms with E-state index in [2.05, 4.69) is 42.8 Å². The molecule has 0 bridgehead atoms. The zero-order chi connectivity index (χ0) is 11.8. The van der Waals surface area contributed by atoms with Crippen LogP contribution in [0.15, 0.2) is 10.8 Å². The fraction of sp³-hybridized carbons (Fsp3) is 0.600. The van der Waals surface area contributed by atoms with Gasteiger partial charge in [-0.15, -0.1) is 0 Å². The van der Waals surface area contributed by atoms with Crippen LogP contribution in [-0.4, -0.2) is 35.1 Å². The van der Waals surface area contributed by atoms with Crippen LogP contribution < -0.4 is 10.6 Å². The maximum absolute atomic E-state index is 4.20. The molecule has 2 N–H and O–H groups in total. The van der Waals surface area contributed by atoms with Gasteiger partial charge in [0, 0.05) is 13.1 Å². The first-order valence-corrected chi connectivity index (χ1v) is 7.45. The summed E-state index contributed by atoms with van der Waals surface area (Å²) in [6.45, 7) is 3.82. The van der Waals surface area contributed by atoms with Gasteiger partial charge in [-0.1, -0.05) is 0 Å². The Hall–Kier alpha value is -0.490. The van der Waals surface area contributed by atoms with E-state index in [1.807, 2.05) is 18.7 Å². The van der Waals surface area contributed by atoms with Gasteiger partial charge in [-0.3, -0.25) is 0 Å². The lowest BCUT2D eigenvalue weighted by Crippen LogP contribution is -2.08. The lowest BCUT2D eigenvalue weighted by atomic mass is 10.4.